The van der Waals surface area contributed by atoms with Crippen LogP contribution in [0.3, 0.4) is 0 Å². The van der Waals surface area contributed by atoms with Gasteiger partial charge in [-0.3, -0.25) is 4.98 Å². The number of aryl methyl sites for hydroxylation is 1. The summed E-state index contributed by atoms with van der Waals surface area (Å²) in [7, 11) is 1.70. The van der Waals surface area contributed by atoms with Gasteiger partial charge in [-0.2, -0.15) is 0 Å². The molecule has 94 valence electrons. The van der Waals surface area contributed by atoms with Crippen LogP contribution in [0.15, 0.2) is 36.7 Å². The number of nitrogens with one attached hydrogen (secondary N) is 1. The van der Waals surface area contributed by atoms with Crippen LogP contribution >= 0.6 is 0 Å². The predicted molar refractivity (Wildman–Crippen MR) is 66.2 cm³/mol. The second kappa shape index (κ2) is 5.23. The zero-order valence-corrected chi connectivity index (χ0v) is 10.2. The first kappa shape index (κ1) is 12.6. The fraction of sp³-hybridized carbons (Fsp3) is 0.214. The molecule has 1 heterocycles. The molecule has 2 nitrogen and oxygen atoms in total. The Kier molecular flexibility index (Phi) is 3.67. The molecular formula is C14H14F2N2. The molecule has 1 aromatic heterocycles. The molecule has 0 fully saturated rings. The summed E-state index contributed by atoms with van der Waals surface area (Å²) in [5.41, 5.74) is 1.38. The molecule has 0 radical (unpaired) electrons. The molecule has 1 atom stereocenters. The van der Waals surface area contributed by atoms with E-state index in [0.717, 1.165) is 5.56 Å². The summed E-state index contributed by atoms with van der Waals surface area (Å²) in [6.45, 7) is 1.54. The first-order valence-corrected chi connectivity index (χ1v) is 5.67. The summed E-state index contributed by atoms with van der Waals surface area (Å²) in [6, 6.07) is 6.36. The summed E-state index contributed by atoms with van der Waals surface area (Å²) in [4.78, 5) is 3.99. The molecule has 0 saturated heterocycles. The van der Waals surface area contributed by atoms with Gasteiger partial charge in [0.25, 0.3) is 0 Å². The van der Waals surface area contributed by atoms with Gasteiger partial charge >= 0.3 is 0 Å². The molecule has 2 aromatic rings. The lowest BCUT2D eigenvalue weighted by molar-refractivity contribution is 0.482. The van der Waals surface area contributed by atoms with E-state index < -0.39 is 17.7 Å². The first-order valence-electron chi connectivity index (χ1n) is 5.67. The molecule has 18 heavy (non-hydrogen) atoms. The van der Waals surface area contributed by atoms with Crippen LogP contribution in [-0.2, 0) is 0 Å². The Labute approximate surface area is 105 Å². The van der Waals surface area contributed by atoms with Crippen molar-refractivity contribution in [2.45, 2.75) is 13.0 Å². The minimum atomic E-state index is -0.807. The van der Waals surface area contributed by atoms with Crippen molar-refractivity contribution in [1.29, 1.82) is 0 Å². The smallest absolute Gasteiger partial charge is 0.164 e. The van der Waals surface area contributed by atoms with Crippen molar-refractivity contribution in [3.05, 3.63) is 65.0 Å². The Hall–Kier alpha value is -1.81. The molecule has 1 N–H and O–H groups in total. The van der Waals surface area contributed by atoms with E-state index >= 15 is 0 Å². The predicted octanol–water partition coefficient (Wildman–Crippen LogP) is 2.98. The molecule has 4 heteroatoms. The molecule has 2 rings (SSSR count). The average Bonchev–Trinajstić information content (AvgIpc) is 2.41. The van der Waals surface area contributed by atoms with E-state index in [0.29, 0.717) is 5.56 Å². The van der Waals surface area contributed by atoms with Crippen molar-refractivity contribution in [2.75, 3.05) is 7.05 Å². The van der Waals surface area contributed by atoms with Crippen molar-refractivity contribution in [3.63, 3.8) is 0 Å². The second-order valence-corrected chi connectivity index (χ2v) is 4.11. The summed E-state index contributed by atoms with van der Waals surface area (Å²) in [5.74, 6) is -1.60. The largest absolute Gasteiger partial charge is 0.309 e. The van der Waals surface area contributed by atoms with Gasteiger partial charge in [0.05, 0.1) is 6.04 Å². The first-order chi connectivity index (χ1) is 8.65. The average molecular weight is 248 g/mol. The van der Waals surface area contributed by atoms with Crippen LogP contribution in [0.1, 0.15) is 22.7 Å². The maximum absolute atomic E-state index is 13.9. The molecule has 0 spiro atoms. The van der Waals surface area contributed by atoms with Gasteiger partial charge in [0.2, 0.25) is 0 Å². The van der Waals surface area contributed by atoms with Gasteiger partial charge in [-0.05, 0) is 31.2 Å². The minimum Gasteiger partial charge on any atom is -0.309 e. The molecule has 0 amide bonds. The number of benzene rings is 1. The number of pyridine rings is 1. The Bertz CT molecular complexity index is 541. The van der Waals surface area contributed by atoms with Crippen LogP contribution in [0.25, 0.3) is 0 Å². The lowest BCUT2D eigenvalue weighted by Gasteiger charge is -2.18. The summed E-state index contributed by atoms with van der Waals surface area (Å²) >= 11 is 0. The standard InChI is InChI=1S/C14H14F2N2/c1-9-5-6-11(13(16)12(9)15)14(17-2)10-4-3-7-18-8-10/h3-8,14,17H,1-2H3. The van der Waals surface area contributed by atoms with Crippen LogP contribution < -0.4 is 5.32 Å². The number of rotatable bonds is 3. The van der Waals surface area contributed by atoms with Crippen LogP contribution in [0, 0.1) is 18.6 Å². The van der Waals surface area contributed by atoms with Crippen molar-refractivity contribution in [1.82, 2.24) is 10.3 Å². The van der Waals surface area contributed by atoms with Gasteiger partial charge in [-0.1, -0.05) is 18.2 Å². The third kappa shape index (κ3) is 2.24. The van der Waals surface area contributed by atoms with Crippen LogP contribution in [-0.4, -0.2) is 12.0 Å². The third-order valence-corrected chi connectivity index (χ3v) is 2.92. The van der Waals surface area contributed by atoms with Crippen LogP contribution in [0.2, 0.25) is 0 Å². The highest BCUT2D eigenvalue weighted by molar-refractivity contribution is 5.34. The fourth-order valence-corrected chi connectivity index (χ4v) is 1.93. The van der Waals surface area contributed by atoms with Crippen LogP contribution in [0.4, 0.5) is 8.78 Å². The molecule has 0 aliphatic rings. The van der Waals surface area contributed by atoms with Gasteiger partial charge in [0.15, 0.2) is 11.6 Å². The molecular weight excluding hydrogens is 234 g/mol. The summed E-state index contributed by atoms with van der Waals surface area (Å²) < 4.78 is 27.5. The summed E-state index contributed by atoms with van der Waals surface area (Å²) in [5, 5.41) is 2.98. The molecule has 0 aliphatic carbocycles. The highest BCUT2D eigenvalue weighted by Crippen LogP contribution is 2.26. The zero-order chi connectivity index (χ0) is 13.1. The van der Waals surface area contributed by atoms with E-state index in [2.05, 4.69) is 10.3 Å². The van der Waals surface area contributed by atoms with E-state index in [4.69, 9.17) is 0 Å². The van der Waals surface area contributed by atoms with Crippen molar-refractivity contribution in [2.24, 2.45) is 0 Å². The van der Waals surface area contributed by atoms with E-state index in [-0.39, 0.29) is 5.56 Å². The van der Waals surface area contributed by atoms with Crippen LogP contribution in [0.5, 0.6) is 0 Å². The normalized spacial score (nSPS) is 12.4. The molecule has 0 saturated carbocycles. The maximum Gasteiger partial charge on any atom is 0.164 e. The Morgan fingerprint density at radius 2 is 1.94 bits per heavy atom. The SMILES string of the molecule is CNC(c1cccnc1)c1ccc(C)c(F)c1F. The number of aromatic nitrogens is 1. The van der Waals surface area contributed by atoms with Crippen molar-refractivity contribution >= 4 is 0 Å². The third-order valence-electron chi connectivity index (χ3n) is 2.92. The minimum absolute atomic E-state index is 0.286. The molecule has 0 aliphatic heterocycles. The maximum atomic E-state index is 13.9. The van der Waals surface area contributed by atoms with Crippen molar-refractivity contribution in [3.8, 4) is 0 Å². The monoisotopic (exact) mass is 248 g/mol. The number of halogens is 2. The van der Waals surface area contributed by atoms with Gasteiger partial charge in [0.1, 0.15) is 0 Å². The highest BCUT2D eigenvalue weighted by Gasteiger charge is 2.19. The number of hydrogen-bond acceptors (Lipinski definition) is 2. The summed E-state index contributed by atoms with van der Waals surface area (Å²) in [6.07, 6.45) is 3.28. The van der Waals surface area contributed by atoms with Gasteiger partial charge < -0.3 is 5.32 Å². The van der Waals surface area contributed by atoms with Gasteiger partial charge in [-0.15, -0.1) is 0 Å². The Balaban J connectivity index is 2.50. The number of hydrogen-bond donors (Lipinski definition) is 1. The highest BCUT2D eigenvalue weighted by atomic mass is 19.2. The molecule has 1 unspecified atom stereocenters. The van der Waals surface area contributed by atoms with Gasteiger partial charge in [0, 0.05) is 18.0 Å². The molecule has 1 aromatic carbocycles. The van der Waals surface area contributed by atoms with Gasteiger partial charge in [-0.25, -0.2) is 8.78 Å². The Morgan fingerprint density at radius 1 is 1.17 bits per heavy atom. The fourth-order valence-electron chi connectivity index (χ4n) is 1.93. The lowest BCUT2D eigenvalue weighted by atomic mass is 9.98. The van der Waals surface area contributed by atoms with E-state index in [1.807, 2.05) is 6.07 Å². The lowest BCUT2D eigenvalue weighted by Crippen LogP contribution is -2.19. The topological polar surface area (TPSA) is 24.9 Å². The van der Waals surface area contributed by atoms with E-state index in [1.54, 1.807) is 44.6 Å². The van der Waals surface area contributed by atoms with E-state index in [9.17, 15) is 8.78 Å². The Morgan fingerprint density at radius 3 is 2.56 bits per heavy atom. The second-order valence-electron chi connectivity index (χ2n) is 4.11. The van der Waals surface area contributed by atoms with Crippen molar-refractivity contribution < 1.29 is 8.78 Å². The van der Waals surface area contributed by atoms with E-state index in [1.165, 1.54) is 0 Å². The number of nitrogens with zero attached hydrogens (tertiary/aromatic N) is 1. The molecule has 0 bridgehead atoms. The quantitative estimate of drug-likeness (QED) is 0.903. The zero-order valence-electron chi connectivity index (χ0n) is 10.2.